The highest BCUT2D eigenvalue weighted by Crippen LogP contribution is 2.23. The molecule has 106 valence electrons. The maximum absolute atomic E-state index is 11.4. The normalized spacial score (nSPS) is 10.6. The monoisotopic (exact) mass is 327 g/mol. The molecule has 1 aromatic carbocycles. The second-order valence-electron chi connectivity index (χ2n) is 4.84. The fourth-order valence-corrected chi connectivity index (χ4v) is 2.12. The summed E-state index contributed by atoms with van der Waals surface area (Å²) in [6, 6.07) is 6.61. The van der Waals surface area contributed by atoms with Gasteiger partial charge in [-0.2, -0.15) is 0 Å². The molecule has 2 N–H and O–H groups in total. The van der Waals surface area contributed by atoms with Gasteiger partial charge in [-0.05, 0) is 17.7 Å². The van der Waals surface area contributed by atoms with Gasteiger partial charge in [-0.1, -0.05) is 35.8 Å². The van der Waals surface area contributed by atoms with Crippen LogP contribution in [0.4, 0.5) is 5.69 Å². The number of nitrogens with one attached hydrogen (secondary N) is 2. The predicted molar refractivity (Wildman–Crippen MR) is 83.5 cm³/mol. The lowest BCUT2D eigenvalue weighted by atomic mass is 10.2. The standard InChI is InChI=1S/C14H22BrN3O/c1-10(2)17-8-11-5-6-12(7-13(11)15)18(4)9-14(19)16-3/h5-7,10,17H,8-9H2,1-4H3,(H,16,19). The number of hydrogen-bond donors (Lipinski definition) is 2. The summed E-state index contributed by atoms with van der Waals surface area (Å²) in [5, 5.41) is 6.01. The summed E-state index contributed by atoms with van der Waals surface area (Å²) >= 11 is 3.58. The first kappa shape index (κ1) is 16.0. The van der Waals surface area contributed by atoms with E-state index in [1.165, 1.54) is 5.56 Å². The molecule has 0 aromatic heterocycles. The van der Waals surface area contributed by atoms with Crippen molar-refractivity contribution in [2.24, 2.45) is 0 Å². The predicted octanol–water partition coefficient (Wildman–Crippen LogP) is 2.13. The third-order valence-corrected chi connectivity index (χ3v) is 3.58. The van der Waals surface area contributed by atoms with Gasteiger partial charge in [0, 0.05) is 36.8 Å². The molecule has 0 spiro atoms. The van der Waals surface area contributed by atoms with E-state index in [-0.39, 0.29) is 5.91 Å². The first-order valence-electron chi connectivity index (χ1n) is 6.37. The van der Waals surface area contributed by atoms with E-state index in [9.17, 15) is 4.79 Å². The molecule has 0 fully saturated rings. The fourth-order valence-electron chi connectivity index (χ4n) is 1.62. The third-order valence-electron chi connectivity index (χ3n) is 2.84. The van der Waals surface area contributed by atoms with Gasteiger partial charge in [0.2, 0.25) is 5.91 Å². The van der Waals surface area contributed by atoms with Crippen LogP contribution in [0, 0.1) is 0 Å². The summed E-state index contributed by atoms with van der Waals surface area (Å²) in [4.78, 5) is 13.3. The molecule has 0 radical (unpaired) electrons. The molecule has 0 bridgehead atoms. The van der Waals surface area contributed by atoms with Gasteiger partial charge in [0.1, 0.15) is 0 Å². The van der Waals surface area contributed by atoms with E-state index in [4.69, 9.17) is 0 Å². The number of rotatable bonds is 6. The van der Waals surface area contributed by atoms with Gasteiger partial charge in [-0.3, -0.25) is 4.79 Å². The average molecular weight is 328 g/mol. The van der Waals surface area contributed by atoms with Gasteiger partial charge < -0.3 is 15.5 Å². The highest BCUT2D eigenvalue weighted by atomic mass is 79.9. The van der Waals surface area contributed by atoms with Crippen molar-refractivity contribution in [1.82, 2.24) is 10.6 Å². The zero-order valence-corrected chi connectivity index (χ0v) is 13.5. The Morgan fingerprint density at radius 1 is 1.42 bits per heavy atom. The van der Waals surface area contributed by atoms with E-state index in [0.29, 0.717) is 12.6 Å². The maximum atomic E-state index is 11.4. The summed E-state index contributed by atoms with van der Waals surface area (Å²) in [6.07, 6.45) is 0. The Bertz CT molecular complexity index is 435. The minimum absolute atomic E-state index is 0.00386. The average Bonchev–Trinajstić information content (AvgIpc) is 2.36. The Labute approximate surface area is 123 Å². The summed E-state index contributed by atoms with van der Waals surface area (Å²) in [5.74, 6) is 0.00386. The molecule has 19 heavy (non-hydrogen) atoms. The molecular weight excluding hydrogens is 306 g/mol. The number of halogens is 1. The van der Waals surface area contributed by atoms with Gasteiger partial charge in [0.15, 0.2) is 0 Å². The van der Waals surface area contributed by atoms with Gasteiger partial charge >= 0.3 is 0 Å². The molecule has 5 heteroatoms. The lowest BCUT2D eigenvalue weighted by Crippen LogP contribution is -2.32. The first-order chi connectivity index (χ1) is 8.93. The van der Waals surface area contributed by atoms with E-state index in [0.717, 1.165) is 16.7 Å². The Hall–Kier alpha value is -1.07. The van der Waals surface area contributed by atoms with Crippen molar-refractivity contribution in [2.45, 2.75) is 26.4 Å². The molecular formula is C14H22BrN3O. The lowest BCUT2D eigenvalue weighted by Gasteiger charge is -2.19. The number of carbonyl (C=O) groups excluding carboxylic acids is 1. The van der Waals surface area contributed by atoms with Crippen LogP contribution in [0.25, 0.3) is 0 Å². The van der Waals surface area contributed by atoms with Gasteiger partial charge in [0.05, 0.1) is 6.54 Å². The molecule has 0 aliphatic rings. The van der Waals surface area contributed by atoms with E-state index < -0.39 is 0 Å². The van der Waals surface area contributed by atoms with E-state index in [1.807, 2.05) is 24.1 Å². The Morgan fingerprint density at radius 2 is 2.11 bits per heavy atom. The van der Waals surface area contributed by atoms with E-state index in [1.54, 1.807) is 7.05 Å². The smallest absolute Gasteiger partial charge is 0.239 e. The molecule has 1 aromatic rings. The molecule has 0 atom stereocenters. The van der Waals surface area contributed by atoms with Gasteiger partial charge in [-0.25, -0.2) is 0 Å². The van der Waals surface area contributed by atoms with Crippen LogP contribution in [0.5, 0.6) is 0 Å². The second kappa shape index (κ2) is 7.50. The highest BCUT2D eigenvalue weighted by molar-refractivity contribution is 9.10. The number of benzene rings is 1. The summed E-state index contributed by atoms with van der Waals surface area (Å²) in [6.45, 7) is 5.43. The van der Waals surface area contributed by atoms with Crippen molar-refractivity contribution in [1.29, 1.82) is 0 Å². The van der Waals surface area contributed by atoms with Gasteiger partial charge in [-0.15, -0.1) is 0 Å². The van der Waals surface area contributed by atoms with Crippen molar-refractivity contribution < 1.29 is 4.79 Å². The summed E-state index contributed by atoms with van der Waals surface area (Å²) < 4.78 is 1.06. The number of amides is 1. The molecule has 0 heterocycles. The minimum Gasteiger partial charge on any atom is -0.365 e. The van der Waals surface area contributed by atoms with Crippen LogP contribution in [0.15, 0.2) is 22.7 Å². The summed E-state index contributed by atoms with van der Waals surface area (Å²) in [7, 11) is 3.55. The van der Waals surface area contributed by atoms with Crippen LogP contribution in [-0.2, 0) is 11.3 Å². The van der Waals surface area contributed by atoms with Crippen LogP contribution in [0.3, 0.4) is 0 Å². The van der Waals surface area contributed by atoms with Crippen LogP contribution < -0.4 is 15.5 Å². The van der Waals surface area contributed by atoms with Gasteiger partial charge in [0.25, 0.3) is 0 Å². The Morgan fingerprint density at radius 3 is 2.63 bits per heavy atom. The number of likely N-dealkylation sites (N-methyl/N-ethyl adjacent to an activating group) is 2. The highest BCUT2D eigenvalue weighted by Gasteiger charge is 2.08. The molecule has 4 nitrogen and oxygen atoms in total. The molecule has 1 rings (SSSR count). The molecule has 0 saturated carbocycles. The van der Waals surface area contributed by atoms with Crippen molar-refractivity contribution in [3.8, 4) is 0 Å². The largest absolute Gasteiger partial charge is 0.365 e. The fraction of sp³-hybridized carbons (Fsp3) is 0.500. The van der Waals surface area contributed by atoms with Crippen molar-refractivity contribution in [2.75, 3.05) is 25.5 Å². The third kappa shape index (κ3) is 5.20. The lowest BCUT2D eigenvalue weighted by molar-refractivity contribution is -0.119. The van der Waals surface area contributed by atoms with E-state index in [2.05, 4.69) is 46.5 Å². The zero-order valence-electron chi connectivity index (χ0n) is 12.0. The molecule has 0 aliphatic carbocycles. The topological polar surface area (TPSA) is 44.4 Å². The van der Waals surface area contributed by atoms with Crippen LogP contribution in [0.2, 0.25) is 0 Å². The number of anilines is 1. The Kier molecular flexibility index (Phi) is 6.31. The maximum Gasteiger partial charge on any atom is 0.239 e. The van der Waals surface area contributed by atoms with Crippen LogP contribution in [-0.4, -0.2) is 32.6 Å². The molecule has 1 amide bonds. The molecule has 0 aliphatic heterocycles. The second-order valence-corrected chi connectivity index (χ2v) is 5.69. The molecule has 0 saturated heterocycles. The summed E-state index contributed by atoms with van der Waals surface area (Å²) in [5.41, 5.74) is 2.23. The zero-order chi connectivity index (χ0) is 14.4. The Balaban J connectivity index is 2.72. The van der Waals surface area contributed by atoms with E-state index >= 15 is 0 Å². The number of hydrogen-bond acceptors (Lipinski definition) is 3. The molecule has 0 unspecified atom stereocenters. The van der Waals surface area contributed by atoms with Crippen molar-refractivity contribution in [3.63, 3.8) is 0 Å². The number of carbonyl (C=O) groups is 1. The quantitative estimate of drug-likeness (QED) is 0.841. The van der Waals surface area contributed by atoms with Crippen LogP contribution in [0.1, 0.15) is 19.4 Å². The van der Waals surface area contributed by atoms with Crippen LogP contribution >= 0.6 is 15.9 Å². The minimum atomic E-state index is 0.00386. The van der Waals surface area contributed by atoms with Crippen molar-refractivity contribution in [3.05, 3.63) is 28.2 Å². The first-order valence-corrected chi connectivity index (χ1v) is 7.17. The van der Waals surface area contributed by atoms with Crippen molar-refractivity contribution >= 4 is 27.5 Å². The number of nitrogens with zero attached hydrogens (tertiary/aromatic N) is 1. The SMILES string of the molecule is CNC(=O)CN(C)c1ccc(CNC(C)C)c(Br)c1.